The van der Waals surface area contributed by atoms with Gasteiger partial charge in [0.25, 0.3) is 0 Å². The van der Waals surface area contributed by atoms with Gasteiger partial charge in [0.1, 0.15) is 6.07 Å². The highest BCUT2D eigenvalue weighted by atomic mass is 16.1. The number of rotatable bonds is 3. The lowest BCUT2D eigenvalue weighted by atomic mass is 10.0. The summed E-state index contributed by atoms with van der Waals surface area (Å²) in [4.78, 5) is 16.0. The molecular formula is C16H21N3O. The summed E-state index contributed by atoms with van der Waals surface area (Å²) in [6, 6.07) is 8.18. The van der Waals surface area contributed by atoms with Gasteiger partial charge in [-0.05, 0) is 52.1 Å². The lowest BCUT2D eigenvalue weighted by Crippen LogP contribution is -2.42. The highest BCUT2D eigenvalue weighted by molar-refractivity contribution is 5.95. The van der Waals surface area contributed by atoms with Crippen molar-refractivity contribution < 1.29 is 4.79 Å². The molecule has 0 bridgehead atoms. The second-order valence-electron chi connectivity index (χ2n) is 5.58. The molecule has 1 saturated heterocycles. The van der Waals surface area contributed by atoms with Crippen molar-refractivity contribution >= 4 is 11.5 Å². The number of carbonyl (C=O) groups excluding carboxylic acids is 1. The number of Topliss-reactive ketones (excluding diaryl/α,β-unsaturated/α-hetero) is 1. The standard InChI is InChI=1S/C16H21N3O/c1-12(20)13-4-5-14(11-17)16(10-13)19-8-6-15(7-9-19)18(2)3/h4-5,10,15H,6-9H2,1-3H3. The Morgan fingerprint density at radius 1 is 1.35 bits per heavy atom. The van der Waals surface area contributed by atoms with Crippen LogP contribution in [0.3, 0.4) is 0 Å². The van der Waals surface area contributed by atoms with Crippen LogP contribution >= 0.6 is 0 Å². The number of nitriles is 1. The fraction of sp³-hybridized carbons (Fsp3) is 0.500. The molecule has 0 N–H and O–H groups in total. The zero-order valence-corrected chi connectivity index (χ0v) is 12.4. The minimum Gasteiger partial charge on any atom is -0.370 e. The monoisotopic (exact) mass is 271 g/mol. The van der Waals surface area contributed by atoms with Crippen LogP contribution in [0.15, 0.2) is 18.2 Å². The fourth-order valence-corrected chi connectivity index (χ4v) is 2.73. The van der Waals surface area contributed by atoms with Crippen LogP contribution in [0.5, 0.6) is 0 Å². The molecule has 0 amide bonds. The minimum absolute atomic E-state index is 0.0407. The average molecular weight is 271 g/mol. The van der Waals surface area contributed by atoms with Gasteiger partial charge in [-0.1, -0.05) is 0 Å². The second-order valence-corrected chi connectivity index (χ2v) is 5.58. The van der Waals surface area contributed by atoms with Crippen molar-refractivity contribution in [3.63, 3.8) is 0 Å². The maximum absolute atomic E-state index is 11.5. The number of benzene rings is 1. The van der Waals surface area contributed by atoms with E-state index in [2.05, 4.69) is 30.0 Å². The van der Waals surface area contributed by atoms with Crippen molar-refractivity contribution in [1.82, 2.24) is 4.90 Å². The van der Waals surface area contributed by atoms with Crippen LogP contribution in [-0.4, -0.2) is 43.9 Å². The summed E-state index contributed by atoms with van der Waals surface area (Å²) < 4.78 is 0. The first kappa shape index (κ1) is 14.5. The number of nitrogens with zero attached hydrogens (tertiary/aromatic N) is 3. The molecule has 1 aliphatic heterocycles. The van der Waals surface area contributed by atoms with E-state index >= 15 is 0 Å². The van der Waals surface area contributed by atoms with E-state index in [1.54, 1.807) is 19.1 Å². The summed E-state index contributed by atoms with van der Waals surface area (Å²) in [6.45, 7) is 3.42. The topological polar surface area (TPSA) is 47.3 Å². The van der Waals surface area contributed by atoms with Crippen molar-refractivity contribution in [2.45, 2.75) is 25.8 Å². The molecule has 106 valence electrons. The smallest absolute Gasteiger partial charge is 0.159 e. The number of hydrogen-bond donors (Lipinski definition) is 0. The Bertz CT molecular complexity index is 537. The van der Waals surface area contributed by atoms with Gasteiger partial charge in [0.2, 0.25) is 0 Å². The molecule has 1 fully saturated rings. The molecule has 1 aromatic rings. The van der Waals surface area contributed by atoms with E-state index in [0.717, 1.165) is 31.6 Å². The van der Waals surface area contributed by atoms with E-state index in [-0.39, 0.29) is 5.78 Å². The van der Waals surface area contributed by atoms with Crippen LogP contribution in [0.1, 0.15) is 35.7 Å². The van der Waals surface area contributed by atoms with Crippen molar-refractivity contribution in [3.05, 3.63) is 29.3 Å². The van der Waals surface area contributed by atoms with E-state index in [1.807, 2.05) is 6.07 Å². The number of carbonyl (C=O) groups is 1. The Balaban J connectivity index is 2.22. The van der Waals surface area contributed by atoms with Gasteiger partial charge in [0.05, 0.1) is 11.3 Å². The first-order valence-electron chi connectivity index (χ1n) is 6.99. The number of anilines is 1. The number of hydrogen-bond acceptors (Lipinski definition) is 4. The normalized spacial score (nSPS) is 16.2. The van der Waals surface area contributed by atoms with Crippen molar-refractivity contribution in [3.8, 4) is 6.07 Å². The first-order chi connectivity index (χ1) is 9.52. The molecule has 0 atom stereocenters. The van der Waals surface area contributed by atoms with Gasteiger partial charge in [0, 0.05) is 24.7 Å². The molecule has 0 unspecified atom stereocenters. The van der Waals surface area contributed by atoms with E-state index < -0.39 is 0 Å². The number of piperidine rings is 1. The Hall–Kier alpha value is -1.86. The zero-order valence-electron chi connectivity index (χ0n) is 12.4. The van der Waals surface area contributed by atoms with Crippen molar-refractivity contribution in [2.75, 3.05) is 32.1 Å². The van der Waals surface area contributed by atoms with E-state index in [4.69, 9.17) is 0 Å². The highest BCUT2D eigenvalue weighted by Gasteiger charge is 2.22. The summed E-state index contributed by atoms with van der Waals surface area (Å²) in [6.07, 6.45) is 2.17. The van der Waals surface area contributed by atoms with Gasteiger partial charge in [-0.2, -0.15) is 5.26 Å². The summed E-state index contributed by atoms with van der Waals surface area (Å²) in [5.41, 5.74) is 2.23. The lowest BCUT2D eigenvalue weighted by molar-refractivity contribution is 0.101. The number of ketones is 1. The molecule has 1 aromatic carbocycles. The molecule has 1 heterocycles. The van der Waals surface area contributed by atoms with E-state index in [9.17, 15) is 10.1 Å². The van der Waals surface area contributed by atoms with Crippen LogP contribution < -0.4 is 4.90 Å². The van der Waals surface area contributed by atoms with E-state index in [1.165, 1.54) is 0 Å². The predicted molar refractivity (Wildman–Crippen MR) is 80.1 cm³/mol. The van der Waals surface area contributed by atoms with Gasteiger partial charge in [-0.3, -0.25) is 4.79 Å². The summed E-state index contributed by atoms with van der Waals surface area (Å²) >= 11 is 0. The van der Waals surface area contributed by atoms with Crippen LogP contribution in [0, 0.1) is 11.3 Å². The summed E-state index contributed by atoms with van der Waals surface area (Å²) in [5.74, 6) is 0.0407. The first-order valence-corrected chi connectivity index (χ1v) is 6.99. The van der Waals surface area contributed by atoms with Crippen LogP contribution in [0.4, 0.5) is 5.69 Å². The maximum atomic E-state index is 11.5. The Morgan fingerprint density at radius 2 is 2.00 bits per heavy atom. The molecule has 0 saturated carbocycles. The van der Waals surface area contributed by atoms with Crippen LogP contribution in [0.2, 0.25) is 0 Å². The van der Waals surface area contributed by atoms with Crippen LogP contribution in [0.25, 0.3) is 0 Å². The van der Waals surface area contributed by atoms with E-state index in [0.29, 0.717) is 17.2 Å². The average Bonchev–Trinajstić information content (AvgIpc) is 2.46. The predicted octanol–water partition coefficient (Wildman–Crippen LogP) is 2.29. The largest absolute Gasteiger partial charge is 0.370 e. The minimum atomic E-state index is 0.0407. The summed E-state index contributed by atoms with van der Waals surface area (Å²) in [5, 5.41) is 9.25. The lowest BCUT2D eigenvalue weighted by Gasteiger charge is -2.37. The molecule has 0 spiro atoms. The van der Waals surface area contributed by atoms with Gasteiger partial charge >= 0.3 is 0 Å². The molecule has 20 heavy (non-hydrogen) atoms. The summed E-state index contributed by atoms with van der Waals surface area (Å²) in [7, 11) is 4.22. The van der Waals surface area contributed by atoms with Gasteiger partial charge in [-0.15, -0.1) is 0 Å². The van der Waals surface area contributed by atoms with Gasteiger partial charge in [-0.25, -0.2) is 0 Å². The Labute approximate surface area is 120 Å². The zero-order chi connectivity index (χ0) is 14.7. The Morgan fingerprint density at radius 3 is 2.50 bits per heavy atom. The SMILES string of the molecule is CC(=O)c1ccc(C#N)c(N2CCC(N(C)C)CC2)c1. The quantitative estimate of drug-likeness (QED) is 0.791. The third kappa shape index (κ3) is 3.00. The van der Waals surface area contributed by atoms with Gasteiger partial charge in [0.15, 0.2) is 5.78 Å². The molecule has 1 aliphatic rings. The molecule has 4 nitrogen and oxygen atoms in total. The van der Waals surface area contributed by atoms with Crippen molar-refractivity contribution in [1.29, 1.82) is 5.26 Å². The molecule has 4 heteroatoms. The third-order valence-electron chi connectivity index (χ3n) is 4.06. The second kappa shape index (κ2) is 6.06. The maximum Gasteiger partial charge on any atom is 0.159 e. The molecule has 0 aromatic heterocycles. The van der Waals surface area contributed by atoms with Crippen LogP contribution in [-0.2, 0) is 0 Å². The molecule has 2 rings (SSSR count). The third-order valence-corrected chi connectivity index (χ3v) is 4.06. The molecule has 0 aliphatic carbocycles. The molecule has 0 radical (unpaired) electrons. The Kier molecular flexibility index (Phi) is 4.41. The van der Waals surface area contributed by atoms with Crippen molar-refractivity contribution in [2.24, 2.45) is 0 Å². The molecular weight excluding hydrogens is 250 g/mol. The highest BCUT2D eigenvalue weighted by Crippen LogP contribution is 2.26. The van der Waals surface area contributed by atoms with Gasteiger partial charge < -0.3 is 9.80 Å². The fourth-order valence-electron chi connectivity index (χ4n) is 2.73.